The molecule has 0 spiro atoms. The average molecular weight is 643 g/mol. The Bertz CT molecular complexity index is 2470. The van der Waals surface area contributed by atoms with Gasteiger partial charge in [-0.25, -0.2) is 4.99 Å². The molecule has 50 heavy (non-hydrogen) atoms. The maximum absolute atomic E-state index is 5.16. The minimum atomic E-state index is -0.214. The van der Waals surface area contributed by atoms with Gasteiger partial charge in [-0.2, -0.15) is 0 Å². The number of amidine groups is 1. The van der Waals surface area contributed by atoms with Gasteiger partial charge in [0, 0.05) is 22.7 Å². The van der Waals surface area contributed by atoms with Crippen LogP contribution in [-0.2, 0) is 0 Å². The molecule has 9 rings (SSSR count). The molecular weight excluding hydrogens is 609 g/mol. The van der Waals surface area contributed by atoms with E-state index in [1.54, 1.807) is 0 Å². The highest BCUT2D eigenvalue weighted by Gasteiger charge is 2.25. The molecule has 2 heterocycles. The molecule has 2 N–H and O–H groups in total. The molecule has 0 fully saturated rings. The SMILES string of the molecule is c1ccc(C2=NC(c3ccc(-c4c(-c5ccc(-c6cccc7cccnc67)cc5)ccc5ccccc45)cc3)NC(c3ccccc3)N2)cc1. The second-order valence-corrected chi connectivity index (χ2v) is 12.7. The van der Waals surface area contributed by atoms with Crippen LogP contribution in [-0.4, -0.2) is 10.8 Å². The van der Waals surface area contributed by atoms with Crippen LogP contribution in [0, 0.1) is 0 Å². The van der Waals surface area contributed by atoms with Gasteiger partial charge in [-0.3, -0.25) is 10.3 Å². The molecule has 4 heteroatoms. The summed E-state index contributed by atoms with van der Waals surface area (Å²) in [5, 5.41) is 11.0. The number of aromatic nitrogens is 1. The first-order valence-electron chi connectivity index (χ1n) is 17.1. The minimum absolute atomic E-state index is 0.0779. The summed E-state index contributed by atoms with van der Waals surface area (Å²) < 4.78 is 0. The zero-order valence-corrected chi connectivity index (χ0v) is 27.4. The van der Waals surface area contributed by atoms with E-state index < -0.39 is 0 Å². The van der Waals surface area contributed by atoms with Crippen LogP contribution in [0.5, 0.6) is 0 Å². The zero-order chi connectivity index (χ0) is 33.3. The summed E-state index contributed by atoms with van der Waals surface area (Å²) in [5.74, 6) is 0.881. The summed E-state index contributed by atoms with van der Waals surface area (Å²) in [6, 6.07) is 62.3. The maximum Gasteiger partial charge on any atom is 0.131 e. The molecule has 0 bridgehead atoms. The molecule has 0 radical (unpaired) electrons. The highest BCUT2D eigenvalue weighted by Crippen LogP contribution is 2.40. The fraction of sp³-hybridized carbons (Fsp3) is 0.0435. The second kappa shape index (κ2) is 12.9. The van der Waals surface area contributed by atoms with Gasteiger partial charge in [0.2, 0.25) is 0 Å². The van der Waals surface area contributed by atoms with Crippen molar-refractivity contribution in [1.29, 1.82) is 0 Å². The lowest BCUT2D eigenvalue weighted by atomic mass is 9.88. The van der Waals surface area contributed by atoms with Gasteiger partial charge in [0.1, 0.15) is 18.2 Å². The number of rotatable bonds is 6. The molecule has 238 valence electrons. The number of hydrogen-bond acceptors (Lipinski definition) is 4. The van der Waals surface area contributed by atoms with E-state index in [9.17, 15) is 0 Å². The molecule has 4 nitrogen and oxygen atoms in total. The molecule has 1 aliphatic rings. The summed E-state index contributed by atoms with van der Waals surface area (Å²) in [7, 11) is 0. The van der Waals surface area contributed by atoms with Gasteiger partial charge in [-0.1, -0.05) is 170 Å². The summed E-state index contributed by atoms with van der Waals surface area (Å²) >= 11 is 0. The molecule has 0 saturated heterocycles. The predicted molar refractivity (Wildman–Crippen MR) is 207 cm³/mol. The van der Waals surface area contributed by atoms with Gasteiger partial charge in [0.25, 0.3) is 0 Å². The van der Waals surface area contributed by atoms with Crippen molar-refractivity contribution in [2.45, 2.75) is 12.3 Å². The lowest BCUT2D eigenvalue weighted by molar-refractivity contribution is 0.409. The van der Waals surface area contributed by atoms with Crippen LogP contribution in [0.3, 0.4) is 0 Å². The van der Waals surface area contributed by atoms with Crippen molar-refractivity contribution in [3.8, 4) is 33.4 Å². The Morgan fingerprint density at radius 1 is 0.440 bits per heavy atom. The van der Waals surface area contributed by atoms with E-state index in [-0.39, 0.29) is 12.3 Å². The van der Waals surface area contributed by atoms with Gasteiger partial charge < -0.3 is 5.32 Å². The molecule has 2 atom stereocenters. The fourth-order valence-electron chi connectivity index (χ4n) is 7.11. The fourth-order valence-corrected chi connectivity index (χ4v) is 7.11. The summed E-state index contributed by atoms with van der Waals surface area (Å²) in [4.78, 5) is 9.85. The van der Waals surface area contributed by atoms with Crippen LogP contribution in [0.1, 0.15) is 29.0 Å². The molecule has 1 aromatic heterocycles. The normalized spacial score (nSPS) is 15.8. The first-order valence-corrected chi connectivity index (χ1v) is 17.1. The van der Waals surface area contributed by atoms with Crippen molar-refractivity contribution in [1.82, 2.24) is 15.6 Å². The van der Waals surface area contributed by atoms with E-state index >= 15 is 0 Å². The van der Waals surface area contributed by atoms with Gasteiger partial charge in [-0.15, -0.1) is 0 Å². The first-order chi connectivity index (χ1) is 24.8. The molecule has 0 amide bonds. The number of aliphatic imine (C=N–C) groups is 1. The Kier molecular flexibility index (Phi) is 7.69. The van der Waals surface area contributed by atoms with Crippen molar-refractivity contribution in [2.24, 2.45) is 4.99 Å². The Morgan fingerprint density at radius 3 is 1.90 bits per heavy atom. The largest absolute Gasteiger partial charge is 0.350 e. The quantitative estimate of drug-likeness (QED) is 0.190. The van der Waals surface area contributed by atoms with Crippen LogP contribution >= 0.6 is 0 Å². The number of para-hydroxylation sites is 1. The van der Waals surface area contributed by atoms with Gasteiger partial charge in [0.15, 0.2) is 0 Å². The summed E-state index contributed by atoms with van der Waals surface area (Å²) in [5.41, 5.74) is 11.4. The monoisotopic (exact) mass is 642 g/mol. The van der Waals surface area contributed by atoms with E-state index in [4.69, 9.17) is 4.99 Å². The standard InChI is InChI=1S/C46H34N4/c1-3-12-36(13-4-1)44-48-45(37-14-5-2-6-15-37)50-46(49-44)38-26-24-34(25-27-38)42-39-18-8-7-11-31(39)28-29-40(42)32-20-22-33(23-21-32)41-19-9-16-35-17-10-30-47-43(35)41/h1-30,44,46,49H,(H,48,50). The summed E-state index contributed by atoms with van der Waals surface area (Å²) in [6.07, 6.45) is 1.57. The number of hydrogen-bond donors (Lipinski definition) is 2. The topological polar surface area (TPSA) is 49.3 Å². The smallest absolute Gasteiger partial charge is 0.131 e. The summed E-state index contributed by atoms with van der Waals surface area (Å²) in [6.45, 7) is 0. The van der Waals surface area contributed by atoms with Crippen LogP contribution in [0.15, 0.2) is 187 Å². The number of pyridine rings is 1. The molecule has 7 aromatic carbocycles. The Morgan fingerprint density at radius 2 is 1.10 bits per heavy atom. The van der Waals surface area contributed by atoms with Crippen LogP contribution in [0.4, 0.5) is 0 Å². The van der Waals surface area contributed by atoms with Crippen LogP contribution < -0.4 is 10.6 Å². The lowest BCUT2D eigenvalue weighted by Crippen LogP contribution is -2.44. The van der Waals surface area contributed by atoms with Gasteiger partial charge in [-0.05, 0) is 55.8 Å². The van der Waals surface area contributed by atoms with Gasteiger partial charge in [0.05, 0.1) is 5.52 Å². The number of nitrogens with zero attached hydrogens (tertiary/aromatic N) is 2. The van der Waals surface area contributed by atoms with E-state index in [0.717, 1.165) is 39.0 Å². The minimum Gasteiger partial charge on any atom is -0.350 e. The van der Waals surface area contributed by atoms with E-state index in [1.807, 2.05) is 24.4 Å². The Labute approximate surface area is 291 Å². The van der Waals surface area contributed by atoms with Crippen molar-refractivity contribution >= 4 is 27.5 Å². The molecule has 0 aliphatic carbocycles. The van der Waals surface area contributed by atoms with Crippen LogP contribution in [0.2, 0.25) is 0 Å². The van der Waals surface area contributed by atoms with E-state index in [0.29, 0.717) is 0 Å². The zero-order valence-electron chi connectivity index (χ0n) is 27.4. The van der Waals surface area contributed by atoms with Crippen molar-refractivity contribution in [3.63, 3.8) is 0 Å². The number of nitrogens with one attached hydrogen (secondary N) is 2. The van der Waals surface area contributed by atoms with Gasteiger partial charge >= 0.3 is 0 Å². The Balaban J connectivity index is 1.10. The van der Waals surface area contributed by atoms with E-state index in [2.05, 4.69) is 173 Å². The average Bonchev–Trinajstić information content (AvgIpc) is 3.21. The van der Waals surface area contributed by atoms with E-state index in [1.165, 1.54) is 38.6 Å². The van der Waals surface area contributed by atoms with Crippen molar-refractivity contribution in [2.75, 3.05) is 0 Å². The molecular formula is C46H34N4. The third kappa shape index (κ3) is 5.62. The molecule has 1 aliphatic heterocycles. The Hall–Kier alpha value is -6.36. The van der Waals surface area contributed by atoms with Crippen molar-refractivity contribution in [3.05, 3.63) is 199 Å². The molecule has 8 aromatic rings. The first kappa shape index (κ1) is 29.8. The highest BCUT2D eigenvalue weighted by atomic mass is 15.3. The third-order valence-corrected chi connectivity index (χ3v) is 9.63. The molecule has 0 saturated carbocycles. The maximum atomic E-state index is 5.16. The number of benzene rings is 7. The predicted octanol–water partition coefficient (Wildman–Crippen LogP) is 10.7. The molecule has 2 unspecified atom stereocenters. The lowest BCUT2D eigenvalue weighted by Gasteiger charge is -2.32. The van der Waals surface area contributed by atoms with Crippen LogP contribution in [0.25, 0.3) is 55.1 Å². The third-order valence-electron chi connectivity index (χ3n) is 9.63. The number of fused-ring (bicyclic) bond motifs is 2. The van der Waals surface area contributed by atoms with Crippen molar-refractivity contribution < 1.29 is 0 Å². The second-order valence-electron chi connectivity index (χ2n) is 12.7. The highest BCUT2D eigenvalue weighted by molar-refractivity contribution is 6.04.